The van der Waals surface area contributed by atoms with Gasteiger partial charge in [-0.3, -0.25) is 0 Å². The molecule has 184 valence electrons. The second kappa shape index (κ2) is 10.3. The highest BCUT2D eigenvalue weighted by molar-refractivity contribution is 5.74. The van der Waals surface area contributed by atoms with Crippen LogP contribution in [-0.4, -0.2) is 6.36 Å². The predicted octanol–water partition coefficient (Wildman–Crippen LogP) is 9.05. The monoisotopic (exact) mass is 502 g/mol. The van der Waals surface area contributed by atoms with Crippen molar-refractivity contribution >= 4 is 5.83 Å². The molecule has 0 aliphatic heterocycles. The maximum absolute atomic E-state index is 14.7. The molecular weight excluding hydrogens is 487 g/mol. The second-order valence-corrected chi connectivity index (χ2v) is 7.18. The van der Waals surface area contributed by atoms with Crippen LogP contribution >= 0.6 is 0 Å². The van der Waals surface area contributed by atoms with Crippen molar-refractivity contribution in [3.63, 3.8) is 0 Å². The molecule has 0 saturated heterocycles. The first kappa shape index (κ1) is 25.9. The molecule has 0 aliphatic rings. The maximum Gasteiger partial charge on any atom is 0.573 e. The van der Waals surface area contributed by atoms with Crippen molar-refractivity contribution in [1.29, 1.82) is 0 Å². The Hall–Kier alpha value is -3.69. The van der Waals surface area contributed by atoms with E-state index in [2.05, 4.69) is 4.74 Å². The number of allylic oxidation sites excluding steroid dienone is 3. The van der Waals surface area contributed by atoms with Crippen LogP contribution < -0.4 is 4.74 Å². The van der Waals surface area contributed by atoms with Gasteiger partial charge in [0.05, 0.1) is 5.56 Å². The van der Waals surface area contributed by atoms with Crippen LogP contribution in [0.3, 0.4) is 0 Å². The molecule has 0 fully saturated rings. The molecule has 0 aromatic heterocycles. The molecular formula is C25H15F9O. The fourth-order valence-electron chi connectivity index (χ4n) is 3.17. The van der Waals surface area contributed by atoms with E-state index in [-0.39, 0.29) is 16.7 Å². The minimum atomic E-state index is -5.38. The number of hydrogen-bond donors (Lipinski definition) is 0. The van der Waals surface area contributed by atoms with E-state index in [1.807, 2.05) is 0 Å². The fraction of sp³-hybridized carbons (Fsp3) is 0.120. The van der Waals surface area contributed by atoms with Gasteiger partial charge in [-0.25, -0.2) is 26.3 Å². The normalized spacial score (nSPS) is 12.7. The van der Waals surface area contributed by atoms with Crippen molar-refractivity contribution in [3.05, 3.63) is 95.3 Å². The van der Waals surface area contributed by atoms with Crippen LogP contribution in [0.15, 0.2) is 66.5 Å². The number of hydrogen-bond acceptors (Lipinski definition) is 1. The quantitative estimate of drug-likeness (QED) is 0.241. The van der Waals surface area contributed by atoms with Crippen molar-refractivity contribution in [3.8, 4) is 28.0 Å². The Balaban J connectivity index is 1.96. The number of benzene rings is 3. The van der Waals surface area contributed by atoms with Gasteiger partial charge >= 0.3 is 6.36 Å². The number of ether oxygens (including phenoxy) is 1. The van der Waals surface area contributed by atoms with Crippen molar-refractivity contribution < 1.29 is 44.3 Å². The molecule has 10 heteroatoms. The van der Waals surface area contributed by atoms with E-state index in [0.717, 1.165) is 18.2 Å². The Kier molecular flexibility index (Phi) is 7.62. The Morgan fingerprint density at radius 3 is 1.77 bits per heavy atom. The Morgan fingerprint density at radius 1 is 0.771 bits per heavy atom. The summed E-state index contributed by atoms with van der Waals surface area (Å²) in [5.41, 5.74) is -1.53. The average Bonchev–Trinajstić information content (AvgIpc) is 2.78. The first-order valence-electron chi connectivity index (χ1n) is 9.98. The lowest BCUT2D eigenvalue weighted by Crippen LogP contribution is -2.19. The molecule has 3 aromatic rings. The van der Waals surface area contributed by atoms with Gasteiger partial charge in [0.1, 0.15) is 11.6 Å². The molecule has 0 unspecified atom stereocenters. The molecule has 3 rings (SSSR count). The summed E-state index contributed by atoms with van der Waals surface area (Å²) in [6.45, 7) is 1.74. The van der Waals surface area contributed by atoms with Crippen LogP contribution in [-0.2, 0) is 0 Å². The van der Waals surface area contributed by atoms with Gasteiger partial charge in [-0.1, -0.05) is 37.3 Å². The summed E-state index contributed by atoms with van der Waals surface area (Å²) >= 11 is 0. The molecule has 35 heavy (non-hydrogen) atoms. The number of rotatable bonds is 6. The van der Waals surface area contributed by atoms with Gasteiger partial charge in [-0.2, -0.15) is 0 Å². The van der Waals surface area contributed by atoms with Crippen molar-refractivity contribution in [2.45, 2.75) is 19.7 Å². The highest BCUT2D eigenvalue weighted by Crippen LogP contribution is 2.36. The third kappa shape index (κ3) is 6.06. The van der Waals surface area contributed by atoms with Gasteiger partial charge in [0.15, 0.2) is 23.3 Å². The predicted molar refractivity (Wildman–Crippen MR) is 112 cm³/mol. The van der Waals surface area contributed by atoms with Gasteiger partial charge in [-0.15, -0.1) is 13.2 Å². The van der Waals surface area contributed by atoms with E-state index in [0.29, 0.717) is 18.6 Å². The van der Waals surface area contributed by atoms with Crippen LogP contribution in [0.25, 0.3) is 28.1 Å². The first-order valence-corrected chi connectivity index (χ1v) is 9.98. The number of halogens is 9. The molecule has 0 radical (unpaired) electrons. The third-order valence-corrected chi connectivity index (χ3v) is 4.73. The van der Waals surface area contributed by atoms with E-state index < -0.39 is 58.2 Å². The largest absolute Gasteiger partial charge is 0.573 e. The molecule has 3 aromatic carbocycles. The Bertz CT molecular complexity index is 1240. The van der Waals surface area contributed by atoms with Crippen LogP contribution in [0.1, 0.15) is 18.9 Å². The standard InChI is InChI=1S/C25H15F9O/c1-2-3-4-17(26)23(31)14-7-5-13(6-8-14)15-9-18(27)22(19(28)10-15)16-11-20(29)24(21(30)12-16)35-25(32,33)34/h3-12H,2H2,1H3/b4-3+,23-17+. The van der Waals surface area contributed by atoms with Crippen molar-refractivity contribution in [2.24, 2.45) is 0 Å². The lowest BCUT2D eigenvalue weighted by atomic mass is 9.97. The van der Waals surface area contributed by atoms with Gasteiger partial charge in [0.2, 0.25) is 5.75 Å². The van der Waals surface area contributed by atoms with Crippen molar-refractivity contribution in [1.82, 2.24) is 0 Å². The zero-order valence-electron chi connectivity index (χ0n) is 17.8. The second-order valence-electron chi connectivity index (χ2n) is 7.18. The summed E-state index contributed by atoms with van der Waals surface area (Å²) in [6.07, 6.45) is -2.49. The van der Waals surface area contributed by atoms with Gasteiger partial charge < -0.3 is 4.74 Å². The first-order chi connectivity index (χ1) is 16.4. The minimum Gasteiger partial charge on any atom is -0.399 e. The molecule has 0 amide bonds. The van der Waals surface area contributed by atoms with E-state index in [9.17, 15) is 39.5 Å². The number of alkyl halides is 3. The highest BCUT2D eigenvalue weighted by Gasteiger charge is 2.34. The lowest BCUT2D eigenvalue weighted by molar-refractivity contribution is -0.276. The fourth-order valence-corrected chi connectivity index (χ4v) is 3.17. The van der Waals surface area contributed by atoms with Crippen LogP contribution in [0.2, 0.25) is 0 Å². The topological polar surface area (TPSA) is 9.23 Å². The van der Waals surface area contributed by atoms with Crippen LogP contribution in [0.5, 0.6) is 5.75 Å². The zero-order valence-corrected chi connectivity index (χ0v) is 17.8. The minimum absolute atomic E-state index is 0.0380. The molecule has 0 heterocycles. The average molecular weight is 502 g/mol. The zero-order chi connectivity index (χ0) is 25.9. The molecule has 0 spiro atoms. The third-order valence-electron chi connectivity index (χ3n) is 4.73. The molecule has 1 nitrogen and oxygen atoms in total. The summed E-state index contributed by atoms with van der Waals surface area (Å²) in [6, 6.07) is 7.19. The van der Waals surface area contributed by atoms with E-state index >= 15 is 0 Å². The highest BCUT2D eigenvalue weighted by atomic mass is 19.4. The smallest absolute Gasteiger partial charge is 0.399 e. The van der Waals surface area contributed by atoms with E-state index in [4.69, 9.17) is 0 Å². The SMILES string of the molecule is CC/C=C/C(F)=C(\F)c1ccc(-c2cc(F)c(-c3cc(F)c(OC(F)(F)F)c(F)c3)c(F)c2)cc1. The summed E-state index contributed by atoms with van der Waals surface area (Å²) in [5.74, 6) is -10.1. The Labute approximate surface area is 193 Å². The summed E-state index contributed by atoms with van der Waals surface area (Å²) in [4.78, 5) is 0. The Morgan fingerprint density at radius 2 is 1.29 bits per heavy atom. The summed E-state index contributed by atoms with van der Waals surface area (Å²) in [7, 11) is 0. The van der Waals surface area contributed by atoms with Crippen LogP contribution in [0, 0.1) is 23.3 Å². The summed E-state index contributed by atoms with van der Waals surface area (Å²) in [5, 5.41) is 0. The molecule has 0 atom stereocenters. The molecule has 0 N–H and O–H groups in total. The molecule has 0 saturated carbocycles. The van der Waals surface area contributed by atoms with E-state index in [1.165, 1.54) is 30.3 Å². The van der Waals surface area contributed by atoms with Gasteiger partial charge in [-0.05, 0) is 53.5 Å². The molecule has 0 bridgehead atoms. The molecule has 0 aliphatic carbocycles. The van der Waals surface area contributed by atoms with Gasteiger partial charge in [0.25, 0.3) is 0 Å². The van der Waals surface area contributed by atoms with Crippen LogP contribution in [0.4, 0.5) is 39.5 Å². The van der Waals surface area contributed by atoms with E-state index in [1.54, 1.807) is 6.92 Å². The van der Waals surface area contributed by atoms with Crippen molar-refractivity contribution in [2.75, 3.05) is 0 Å². The summed E-state index contributed by atoms with van der Waals surface area (Å²) < 4.78 is 125. The lowest BCUT2D eigenvalue weighted by Gasteiger charge is -2.13. The van der Waals surface area contributed by atoms with Gasteiger partial charge in [0, 0.05) is 5.56 Å². The maximum atomic E-state index is 14.7.